The second kappa shape index (κ2) is 12.8. The number of oxime groups is 1. The van der Waals surface area contributed by atoms with Crippen LogP contribution in [0.1, 0.15) is 45.1 Å². The van der Waals surface area contributed by atoms with Crippen LogP contribution in [0.5, 0.6) is 0 Å². The number of benzene rings is 1. The summed E-state index contributed by atoms with van der Waals surface area (Å²) in [7, 11) is 0. The summed E-state index contributed by atoms with van der Waals surface area (Å²) in [6, 6.07) is 11.5. The van der Waals surface area contributed by atoms with Crippen LogP contribution >= 0.6 is 0 Å². The lowest BCUT2D eigenvalue weighted by Gasteiger charge is -2.35. The molecule has 1 aliphatic carbocycles. The maximum Gasteiger partial charge on any atom is 0.150 e. The fourth-order valence-corrected chi connectivity index (χ4v) is 5.79. The fraction of sp³-hybridized carbons (Fsp3) is 0.484. The Balaban J connectivity index is 1.26. The largest absolute Gasteiger partial charge is 0.390 e. The molecule has 10 nitrogen and oxygen atoms in total. The van der Waals surface area contributed by atoms with Crippen molar-refractivity contribution in [1.29, 1.82) is 0 Å². The van der Waals surface area contributed by atoms with Crippen molar-refractivity contribution >= 4 is 11.5 Å². The highest BCUT2D eigenvalue weighted by Gasteiger charge is 2.44. The lowest BCUT2D eigenvalue weighted by atomic mass is 10.0. The molecule has 0 aromatic heterocycles. The van der Waals surface area contributed by atoms with Crippen LogP contribution in [0.3, 0.4) is 0 Å². The highest BCUT2D eigenvalue weighted by atomic mass is 16.6. The Morgan fingerprint density at radius 2 is 1.95 bits per heavy atom. The number of aliphatic imine (C=N–C) groups is 1. The summed E-state index contributed by atoms with van der Waals surface area (Å²) in [6.45, 7) is 16.0. The van der Waals surface area contributed by atoms with Crippen molar-refractivity contribution in [2.45, 2.75) is 64.3 Å². The van der Waals surface area contributed by atoms with Gasteiger partial charge in [0, 0.05) is 61.5 Å². The van der Waals surface area contributed by atoms with E-state index in [-0.39, 0.29) is 6.10 Å². The summed E-state index contributed by atoms with van der Waals surface area (Å²) in [5.41, 5.74) is 13.3. The third kappa shape index (κ3) is 7.51. The Labute approximate surface area is 243 Å². The summed E-state index contributed by atoms with van der Waals surface area (Å²) in [6.07, 6.45) is 7.96. The van der Waals surface area contributed by atoms with E-state index in [1.165, 1.54) is 5.56 Å². The number of piperazine rings is 1. The minimum Gasteiger partial charge on any atom is -0.390 e. The molecule has 3 atom stereocenters. The zero-order chi connectivity index (χ0) is 28.9. The minimum atomic E-state index is -0.0219. The Hall–Kier alpha value is -3.76. The second-order valence-corrected chi connectivity index (χ2v) is 11.8. The van der Waals surface area contributed by atoms with Crippen molar-refractivity contribution in [3.63, 3.8) is 0 Å². The topological polar surface area (TPSA) is 129 Å². The number of allylic oxidation sites excluding steroid dienone is 2. The molecule has 4 aliphatic rings. The molecule has 2 saturated heterocycles. The summed E-state index contributed by atoms with van der Waals surface area (Å²) in [4.78, 5) is 15.4. The van der Waals surface area contributed by atoms with Crippen LogP contribution in [-0.2, 0) is 11.4 Å². The van der Waals surface area contributed by atoms with Crippen molar-refractivity contribution in [2.24, 2.45) is 33.6 Å². The molecule has 1 aromatic rings. The van der Waals surface area contributed by atoms with Crippen molar-refractivity contribution in [3.8, 4) is 0 Å². The Kier molecular flexibility index (Phi) is 8.99. The van der Waals surface area contributed by atoms with Crippen molar-refractivity contribution < 1.29 is 4.84 Å². The maximum absolute atomic E-state index is 6.48. The highest BCUT2D eigenvalue weighted by molar-refractivity contribution is 5.94. The monoisotopic (exact) mass is 559 g/mol. The molecule has 3 fully saturated rings. The molecule has 2 bridgehead atoms. The molecule has 0 spiro atoms. The predicted octanol–water partition coefficient (Wildman–Crippen LogP) is 2.87. The number of nitrogens with two attached hydrogens (primary N) is 2. The average molecular weight is 560 g/mol. The van der Waals surface area contributed by atoms with Gasteiger partial charge >= 0.3 is 0 Å². The molecular weight excluding hydrogens is 514 g/mol. The molecule has 3 aliphatic heterocycles. The van der Waals surface area contributed by atoms with E-state index in [9.17, 15) is 0 Å². The Bertz CT molecular complexity index is 1230. The van der Waals surface area contributed by atoms with Crippen molar-refractivity contribution in [3.05, 3.63) is 84.2 Å². The van der Waals surface area contributed by atoms with Crippen molar-refractivity contribution in [2.75, 3.05) is 19.6 Å². The van der Waals surface area contributed by atoms with Crippen LogP contribution in [-0.4, -0.2) is 59.2 Å². The van der Waals surface area contributed by atoms with E-state index in [1.807, 2.05) is 12.2 Å². The lowest BCUT2D eigenvalue weighted by Crippen LogP contribution is -2.48. The van der Waals surface area contributed by atoms with Crippen molar-refractivity contribution in [1.82, 2.24) is 25.9 Å². The third-order valence-corrected chi connectivity index (χ3v) is 8.19. The van der Waals surface area contributed by atoms with E-state index >= 15 is 0 Å². The molecule has 1 saturated carbocycles. The van der Waals surface area contributed by atoms with Gasteiger partial charge in [-0.2, -0.15) is 0 Å². The second-order valence-electron chi connectivity index (χ2n) is 11.8. The number of hydrogen-bond donors (Lipinski definition) is 5. The first-order chi connectivity index (χ1) is 19.8. The van der Waals surface area contributed by atoms with Gasteiger partial charge in [-0.1, -0.05) is 62.5 Å². The number of nitrogens with zero attached hydrogens (tertiary/aromatic N) is 4. The number of fused-ring (bicyclic) bond motifs is 2. The molecule has 0 amide bonds. The molecule has 0 radical (unpaired) electrons. The maximum atomic E-state index is 6.48. The average Bonchev–Trinajstić information content (AvgIpc) is 3.35. The molecule has 5 rings (SSSR count). The number of amidine groups is 1. The van der Waals surface area contributed by atoms with E-state index in [0.29, 0.717) is 47.8 Å². The molecule has 7 N–H and O–H groups in total. The zero-order valence-corrected chi connectivity index (χ0v) is 24.4. The van der Waals surface area contributed by atoms with Gasteiger partial charge in [-0.15, -0.1) is 0 Å². The van der Waals surface area contributed by atoms with Crippen LogP contribution in [0.15, 0.2) is 88.8 Å². The molecule has 220 valence electrons. The van der Waals surface area contributed by atoms with E-state index in [4.69, 9.17) is 21.4 Å². The minimum absolute atomic E-state index is 0.0219. The quantitative estimate of drug-likeness (QED) is 0.0821. The Morgan fingerprint density at radius 1 is 1.17 bits per heavy atom. The summed E-state index contributed by atoms with van der Waals surface area (Å²) in [5, 5.41) is 10.8. The van der Waals surface area contributed by atoms with Crippen LogP contribution in [0.4, 0.5) is 0 Å². The number of rotatable bonds is 13. The van der Waals surface area contributed by atoms with Gasteiger partial charge in [-0.25, -0.2) is 4.99 Å². The number of nitrogens with one attached hydrogen (secondary N) is 3. The number of hydrazine groups is 1. The zero-order valence-electron chi connectivity index (χ0n) is 24.4. The molecule has 3 heterocycles. The van der Waals surface area contributed by atoms with Gasteiger partial charge in [-0.05, 0) is 36.8 Å². The van der Waals surface area contributed by atoms with E-state index < -0.39 is 0 Å². The molecule has 10 heteroatoms. The first-order valence-electron chi connectivity index (χ1n) is 14.7. The van der Waals surface area contributed by atoms with E-state index in [2.05, 4.69) is 88.4 Å². The lowest BCUT2D eigenvalue weighted by molar-refractivity contribution is 0.0868. The summed E-state index contributed by atoms with van der Waals surface area (Å²) < 4.78 is 0. The molecule has 1 unspecified atom stereocenters. The number of hydrogen-bond acceptors (Lipinski definition) is 9. The SMILES string of the molecule is C=C(/C=C(\NN)C1CC1)N/C(N)=C/C(=N\C(=C)NCC1CC(C(C)C)=NO1)N1C[C@H]2C[C@@H]1CN2Cc1ccccc1. The predicted molar refractivity (Wildman–Crippen MR) is 165 cm³/mol. The van der Waals surface area contributed by atoms with Gasteiger partial charge in [0.1, 0.15) is 23.6 Å². The van der Waals surface area contributed by atoms with Gasteiger partial charge in [0.2, 0.25) is 0 Å². The van der Waals surface area contributed by atoms with Gasteiger partial charge in [0.25, 0.3) is 0 Å². The fourth-order valence-electron chi connectivity index (χ4n) is 5.79. The normalized spacial score (nSPS) is 24.9. The third-order valence-electron chi connectivity index (χ3n) is 8.19. The molecular formula is C31H45N9O. The Morgan fingerprint density at radius 3 is 2.59 bits per heavy atom. The summed E-state index contributed by atoms with van der Waals surface area (Å²) in [5.74, 6) is 8.37. The van der Waals surface area contributed by atoms with Gasteiger partial charge < -0.3 is 31.5 Å². The first-order valence-corrected chi connectivity index (χ1v) is 14.7. The standard InChI is InChI=1S/C31H45N9O/c1-20(2)28-14-27(41-38-28)16-34-22(4)36-31(15-30(32)35-21(3)12-29(37-33)24-10-11-24)40-19-25-13-26(40)18-39(25)17-23-8-6-5-7-9-23/h5-9,12,15,20,24-27,34-35,37H,3-4,10-11,13-14,16-19,32-33H2,1-2H3/b29-12-,30-15+,36-31+/t25-,26-,27?/m1/s1. The van der Waals surface area contributed by atoms with Crippen LogP contribution in [0, 0.1) is 11.8 Å². The molecule has 1 aromatic carbocycles. The van der Waals surface area contributed by atoms with Crippen LogP contribution < -0.4 is 27.6 Å². The highest BCUT2D eigenvalue weighted by Crippen LogP contribution is 2.35. The van der Waals surface area contributed by atoms with Gasteiger partial charge in [-0.3, -0.25) is 10.7 Å². The number of likely N-dealkylation sites (tertiary alicyclic amines) is 2. The van der Waals surface area contributed by atoms with Gasteiger partial charge in [0.15, 0.2) is 0 Å². The first kappa shape index (κ1) is 28.8. The molecule has 41 heavy (non-hydrogen) atoms. The smallest absolute Gasteiger partial charge is 0.150 e. The van der Waals surface area contributed by atoms with Gasteiger partial charge in [0.05, 0.1) is 12.3 Å². The summed E-state index contributed by atoms with van der Waals surface area (Å²) >= 11 is 0. The van der Waals surface area contributed by atoms with Crippen LogP contribution in [0.25, 0.3) is 0 Å². The van der Waals surface area contributed by atoms with E-state index in [1.54, 1.807) is 0 Å². The van der Waals surface area contributed by atoms with E-state index in [0.717, 1.165) is 62.6 Å². The van der Waals surface area contributed by atoms with Crippen LogP contribution in [0.2, 0.25) is 0 Å².